The molecule has 1 aromatic heterocycles. The summed E-state index contributed by atoms with van der Waals surface area (Å²) in [4.78, 5) is 20.9. The van der Waals surface area contributed by atoms with E-state index in [-0.39, 0.29) is 35.0 Å². The number of nitrogens with two attached hydrogens (primary N) is 1. The van der Waals surface area contributed by atoms with Gasteiger partial charge in [-0.3, -0.25) is 4.79 Å². The smallest absolute Gasteiger partial charge is 0.225 e. The van der Waals surface area contributed by atoms with Gasteiger partial charge in [0.2, 0.25) is 5.91 Å². The van der Waals surface area contributed by atoms with E-state index in [9.17, 15) is 9.90 Å². The number of amides is 1. The molecule has 0 aromatic carbocycles. The third kappa shape index (κ3) is 3.29. The second-order valence-electron chi connectivity index (χ2n) is 8.93. The average molecular weight is 410 g/mol. The van der Waals surface area contributed by atoms with Gasteiger partial charge in [-0.2, -0.15) is 11.8 Å². The molecule has 4 rings (SSSR count). The summed E-state index contributed by atoms with van der Waals surface area (Å²) in [6.45, 7) is 8.20. The van der Waals surface area contributed by atoms with Gasteiger partial charge in [-0.05, 0) is 36.5 Å². The van der Waals surface area contributed by atoms with Gasteiger partial charge in [-0.25, -0.2) is 4.98 Å². The van der Waals surface area contributed by atoms with Gasteiger partial charge in [0.15, 0.2) is 5.13 Å². The van der Waals surface area contributed by atoms with Gasteiger partial charge in [0.25, 0.3) is 0 Å². The molecular formula is C20H31N3O2S2. The Labute approximate surface area is 170 Å². The van der Waals surface area contributed by atoms with Gasteiger partial charge in [0.05, 0.1) is 11.8 Å². The number of carbonyl (C=O) groups is 1. The molecule has 0 radical (unpaired) electrons. The van der Waals surface area contributed by atoms with Crippen LogP contribution >= 0.6 is 23.1 Å². The number of thiazole rings is 1. The normalized spacial score (nSPS) is 37.4. The molecule has 2 aliphatic carbocycles. The molecule has 3 aliphatic rings. The van der Waals surface area contributed by atoms with Crippen molar-refractivity contribution in [2.45, 2.75) is 52.1 Å². The lowest BCUT2D eigenvalue weighted by Crippen LogP contribution is -2.54. The van der Waals surface area contributed by atoms with E-state index in [0.29, 0.717) is 5.13 Å². The largest absolute Gasteiger partial charge is 0.392 e. The number of aromatic nitrogens is 1. The van der Waals surface area contributed by atoms with Crippen LogP contribution in [0, 0.1) is 23.2 Å². The molecule has 2 fully saturated rings. The van der Waals surface area contributed by atoms with E-state index >= 15 is 0 Å². The van der Waals surface area contributed by atoms with E-state index in [2.05, 4.69) is 18.8 Å². The molecule has 1 amide bonds. The van der Waals surface area contributed by atoms with Gasteiger partial charge in [0.1, 0.15) is 0 Å². The first kappa shape index (κ1) is 19.5. The van der Waals surface area contributed by atoms with Crippen molar-refractivity contribution in [1.29, 1.82) is 0 Å². The van der Waals surface area contributed by atoms with E-state index in [1.807, 2.05) is 23.6 Å². The summed E-state index contributed by atoms with van der Waals surface area (Å²) in [7, 11) is 0. The maximum atomic E-state index is 13.0. The van der Waals surface area contributed by atoms with Crippen molar-refractivity contribution in [3.8, 4) is 0 Å². The van der Waals surface area contributed by atoms with Crippen LogP contribution in [-0.4, -0.2) is 51.6 Å². The summed E-state index contributed by atoms with van der Waals surface area (Å²) in [6.07, 6.45) is 2.45. The first-order chi connectivity index (χ1) is 12.8. The Bertz CT molecular complexity index is 718. The Balaban J connectivity index is 1.56. The molecule has 0 bridgehead atoms. The van der Waals surface area contributed by atoms with Crippen molar-refractivity contribution in [1.82, 2.24) is 9.88 Å². The van der Waals surface area contributed by atoms with Crippen LogP contribution in [-0.2, 0) is 11.2 Å². The first-order valence-corrected chi connectivity index (χ1v) is 12.1. The molecule has 0 unspecified atom stereocenters. The first-order valence-electron chi connectivity index (χ1n) is 10.1. The molecule has 150 valence electrons. The lowest BCUT2D eigenvalue weighted by Gasteiger charge is -2.53. The van der Waals surface area contributed by atoms with Crippen molar-refractivity contribution < 1.29 is 9.90 Å². The molecule has 1 aromatic rings. The molecule has 5 nitrogen and oxygen atoms in total. The molecule has 1 saturated carbocycles. The lowest BCUT2D eigenvalue weighted by atomic mass is 9.53. The van der Waals surface area contributed by atoms with Crippen molar-refractivity contribution in [2.24, 2.45) is 23.2 Å². The van der Waals surface area contributed by atoms with Crippen LogP contribution < -0.4 is 5.73 Å². The summed E-state index contributed by atoms with van der Waals surface area (Å²) in [5.41, 5.74) is 7.12. The third-order valence-electron chi connectivity index (χ3n) is 7.29. The van der Waals surface area contributed by atoms with Crippen LogP contribution in [0.4, 0.5) is 5.13 Å². The third-order valence-corrected chi connectivity index (χ3v) is 9.14. The molecule has 27 heavy (non-hydrogen) atoms. The summed E-state index contributed by atoms with van der Waals surface area (Å²) < 4.78 is 0. The van der Waals surface area contributed by atoms with Crippen molar-refractivity contribution in [3.63, 3.8) is 0 Å². The number of carbonyl (C=O) groups excluding carboxylic acids is 1. The van der Waals surface area contributed by atoms with Gasteiger partial charge >= 0.3 is 0 Å². The van der Waals surface area contributed by atoms with E-state index in [1.54, 1.807) is 11.3 Å². The lowest BCUT2D eigenvalue weighted by molar-refractivity contribution is -0.144. The average Bonchev–Trinajstić information content (AvgIpc) is 3.01. The zero-order chi connectivity index (χ0) is 19.3. The Morgan fingerprint density at radius 3 is 2.81 bits per heavy atom. The number of hydrogen-bond acceptors (Lipinski definition) is 6. The topological polar surface area (TPSA) is 79.5 Å². The minimum atomic E-state index is -0.465. The second kappa shape index (κ2) is 7.23. The fourth-order valence-corrected chi connectivity index (χ4v) is 7.86. The molecule has 1 aliphatic heterocycles. The van der Waals surface area contributed by atoms with Crippen LogP contribution in [0.25, 0.3) is 0 Å². The molecule has 7 heteroatoms. The SMILES string of the molecule is C[C@H](C(=O)N1CCSCC1)[C@H]1CC[C@]2(C)Cc3sc(N)nc3[C@@H](C)[C@@H]2[C@H]1O. The molecule has 6 atom stereocenters. The minimum absolute atomic E-state index is 0.0325. The number of nitrogen functional groups attached to an aromatic ring is 1. The Hall–Kier alpha value is -0.790. The highest BCUT2D eigenvalue weighted by molar-refractivity contribution is 7.99. The predicted molar refractivity (Wildman–Crippen MR) is 112 cm³/mol. The van der Waals surface area contributed by atoms with Crippen LogP contribution in [0.3, 0.4) is 0 Å². The quantitative estimate of drug-likeness (QED) is 0.785. The molecule has 0 spiro atoms. The zero-order valence-corrected chi connectivity index (χ0v) is 18.1. The summed E-state index contributed by atoms with van der Waals surface area (Å²) in [5, 5.41) is 12.1. The highest BCUT2D eigenvalue weighted by Crippen LogP contribution is 2.57. The van der Waals surface area contributed by atoms with Gasteiger partial charge in [-0.15, -0.1) is 11.3 Å². The summed E-state index contributed by atoms with van der Waals surface area (Å²) in [6, 6.07) is 0. The van der Waals surface area contributed by atoms with E-state index in [0.717, 1.165) is 49.6 Å². The fourth-order valence-electron chi connectivity index (χ4n) is 5.82. The molecule has 2 heterocycles. The molecular weight excluding hydrogens is 378 g/mol. The van der Waals surface area contributed by atoms with Gasteiger partial charge < -0.3 is 15.7 Å². The predicted octanol–water partition coefficient (Wildman–Crippen LogP) is 2.99. The number of fused-ring (bicyclic) bond motifs is 2. The van der Waals surface area contributed by atoms with Crippen molar-refractivity contribution in [2.75, 3.05) is 30.3 Å². The van der Waals surface area contributed by atoms with Crippen molar-refractivity contribution >= 4 is 34.1 Å². The maximum Gasteiger partial charge on any atom is 0.225 e. The second-order valence-corrected chi connectivity index (χ2v) is 11.3. The number of aliphatic hydroxyl groups is 1. The number of thioether (sulfide) groups is 1. The standard InChI is InChI=1S/C20H31N3O2S2/c1-11(18(25)23-6-8-26-9-7-23)13-4-5-20(3)10-14-16(22-19(21)27-14)12(2)15(20)17(13)24/h11-13,15,17,24H,4-10H2,1-3H3,(H2,21,22)/t11-,12-,13+,15+,17-,20+/m0/s1. The number of anilines is 1. The van der Waals surface area contributed by atoms with E-state index in [1.165, 1.54) is 4.88 Å². The number of aliphatic hydroxyl groups excluding tert-OH is 1. The summed E-state index contributed by atoms with van der Waals surface area (Å²) in [5.74, 6) is 2.50. The Kier molecular flexibility index (Phi) is 5.23. The summed E-state index contributed by atoms with van der Waals surface area (Å²) >= 11 is 3.52. The fraction of sp³-hybridized carbons (Fsp3) is 0.800. The minimum Gasteiger partial charge on any atom is -0.392 e. The van der Waals surface area contributed by atoms with Crippen LogP contribution in [0.15, 0.2) is 0 Å². The van der Waals surface area contributed by atoms with E-state index in [4.69, 9.17) is 5.73 Å². The number of nitrogens with zero attached hydrogens (tertiary/aromatic N) is 2. The maximum absolute atomic E-state index is 13.0. The van der Waals surface area contributed by atoms with Crippen LogP contribution in [0.1, 0.15) is 50.1 Å². The molecule has 1 saturated heterocycles. The van der Waals surface area contributed by atoms with Crippen LogP contribution in [0.2, 0.25) is 0 Å². The van der Waals surface area contributed by atoms with Crippen LogP contribution in [0.5, 0.6) is 0 Å². The highest BCUT2D eigenvalue weighted by atomic mass is 32.2. The number of hydrogen-bond donors (Lipinski definition) is 2. The van der Waals surface area contributed by atoms with E-state index < -0.39 is 6.10 Å². The van der Waals surface area contributed by atoms with Gasteiger partial charge in [-0.1, -0.05) is 20.8 Å². The Morgan fingerprint density at radius 2 is 2.11 bits per heavy atom. The monoisotopic (exact) mass is 409 g/mol. The highest BCUT2D eigenvalue weighted by Gasteiger charge is 2.54. The molecule has 3 N–H and O–H groups in total. The Morgan fingerprint density at radius 1 is 1.41 bits per heavy atom. The van der Waals surface area contributed by atoms with Crippen molar-refractivity contribution in [3.05, 3.63) is 10.6 Å². The van der Waals surface area contributed by atoms with Gasteiger partial charge in [0, 0.05) is 41.3 Å². The number of rotatable bonds is 2. The zero-order valence-electron chi connectivity index (χ0n) is 16.5.